The van der Waals surface area contributed by atoms with Crippen LogP contribution in [0.2, 0.25) is 0 Å². The lowest BCUT2D eigenvalue weighted by Crippen LogP contribution is -2.47. The van der Waals surface area contributed by atoms with Crippen molar-refractivity contribution < 1.29 is 4.79 Å². The second-order valence-corrected chi connectivity index (χ2v) is 5.73. The van der Waals surface area contributed by atoms with Gasteiger partial charge in [-0.1, -0.05) is 18.6 Å². The van der Waals surface area contributed by atoms with Gasteiger partial charge in [0.05, 0.1) is 5.41 Å². The lowest BCUT2D eigenvalue weighted by atomic mass is 9.68. The van der Waals surface area contributed by atoms with Crippen LogP contribution in [-0.2, 0) is 11.3 Å². The second-order valence-electron chi connectivity index (χ2n) is 5.73. The first kappa shape index (κ1) is 14.0. The van der Waals surface area contributed by atoms with E-state index in [0.717, 1.165) is 31.5 Å². The normalized spacial score (nSPS) is 17.1. The van der Waals surface area contributed by atoms with Gasteiger partial charge in [-0.3, -0.25) is 4.79 Å². The zero-order valence-electron chi connectivity index (χ0n) is 11.8. The molecule has 0 radical (unpaired) electrons. The smallest absolute Gasteiger partial charge is 0.231 e. The van der Waals surface area contributed by atoms with E-state index < -0.39 is 0 Å². The number of benzene rings is 1. The van der Waals surface area contributed by atoms with Crippen molar-refractivity contribution in [2.24, 2.45) is 11.1 Å². The molecule has 4 heteroatoms. The summed E-state index contributed by atoms with van der Waals surface area (Å²) in [6, 6.07) is 8.00. The average Bonchev–Trinajstić information content (AvgIpc) is 2.27. The van der Waals surface area contributed by atoms with Crippen LogP contribution in [0.3, 0.4) is 0 Å². The van der Waals surface area contributed by atoms with Crippen LogP contribution in [0.4, 0.5) is 5.69 Å². The summed E-state index contributed by atoms with van der Waals surface area (Å²) in [6.45, 7) is 1.31. The van der Waals surface area contributed by atoms with Gasteiger partial charge in [-0.15, -0.1) is 0 Å². The number of rotatable bonds is 5. The number of carbonyl (C=O) groups excluding carboxylic acids is 1. The van der Waals surface area contributed by atoms with Gasteiger partial charge in [0.25, 0.3) is 0 Å². The van der Waals surface area contributed by atoms with Crippen LogP contribution in [-0.4, -0.2) is 31.4 Å². The predicted molar refractivity (Wildman–Crippen MR) is 77.8 cm³/mol. The van der Waals surface area contributed by atoms with Crippen LogP contribution >= 0.6 is 0 Å². The Morgan fingerprint density at radius 3 is 2.68 bits per heavy atom. The number of hydrogen-bond donors (Lipinski definition) is 2. The molecule has 0 unspecified atom stereocenters. The fraction of sp³-hybridized carbons (Fsp3) is 0.533. The van der Waals surface area contributed by atoms with Gasteiger partial charge in [-0.25, -0.2) is 0 Å². The summed E-state index contributed by atoms with van der Waals surface area (Å²) in [7, 11) is 4.06. The quantitative estimate of drug-likeness (QED) is 0.850. The first-order valence-electron chi connectivity index (χ1n) is 6.81. The van der Waals surface area contributed by atoms with Crippen LogP contribution in [0.1, 0.15) is 24.8 Å². The SMILES string of the molecule is CN(C)Cc1cccc(NC(=O)C2(CN)CCC2)c1. The molecule has 19 heavy (non-hydrogen) atoms. The number of nitrogens with one attached hydrogen (secondary N) is 1. The van der Waals surface area contributed by atoms with E-state index in [4.69, 9.17) is 5.73 Å². The molecule has 0 aromatic heterocycles. The van der Waals surface area contributed by atoms with Crippen LogP contribution < -0.4 is 11.1 Å². The summed E-state index contributed by atoms with van der Waals surface area (Å²) < 4.78 is 0. The maximum absolute atomic E-state index is 12.3. The third kappa shape index (κ3) is 3.14. The monoisotopic (exact) mass is 261 g/mol. The Morgan fingerprint density at radius 2 is 2.16 bits per heavy atom. The van der Waals surface area contributed by atoms with Crippen LogP contribution in [0, 0.1) is 5.41 Å². The largest absolute Gasteiger partial charge is 0.329 e. The molecule has 1 aliphatic carbocycles. The second kappa shape index (κ2) is 5.72. The summed E-state index contributed by atoms with van der Waals surface area (Å²) >= 11 is 0. The van der Waals surface area contributed by atoms with Crippen LogP contribution in [0.25, 0.3) is 0 Å². The van der Waals surface area contributed by atoms with E-state index in [1.165, 1.54) is 5.56 Å². The molecule has 1 amide bonds. The van der Waals surface area contributed by atoms with E-state index in [1.807, 2.05) is 32.3 Å². The maximum atomic E-state index is 12.3. The van der Waals surface area contributed by atoms with E-state index in [2.05, 4.69) is 16.3 Å². The summed E-state index contributed by atoms with van der Waals surface area (Å²) in [6.07, 6.45) is 2.92. The van der Waals surface area contributed by atoms with Gasteiger partial charge >= 0.3 is 0 Å². The summed E-state index contributed by atoms with van der Waals surface area (Å²) in [4.78, 5) is 14.4. The van der Waals surface area contributed by atoms with Crippen molar-refractivity contribution in [2.45, 2.75) is 25.8 Å². The molecule has 1 fully saturated rings. The Bertz CT molecular complexity index is 447. The van der Waals surface area contributed by atoms with Crippen molar-refractivity contribution in [3.63, 3.8) is 0 Å². The minimum atomic E-state index is -0.322. The molecule has 0 spiro atoms. The molecule has 0 bridgehead atoms. The van der Waals surface area contributed by atoms with Gasteiger partial charge in [0.15, 0.2) is 0 Å². The van der Waals surface area contributed by atoms with Crippen molar-refractivity contribution in [1.29, 1.82) is 0 Å². The molecule has 0 aliphatic heterocycles. The topological polar surface area (TPSA) is 58.4 Å². The molecule has 1 aliphatic rings. The molecule has 4 nitrogen and oxygen atoms in total. The lowest BCUT2D eigenvalue weighted by Gasteiger charge is -2.39. The van der Waals surface area contributed by atoms with E-state index in [0.29, 0.717) is 6.54 Å². The fourth-order valence-corrected chi connectivity index (χ4v) is 2.50. The molecule has 1 aromatic rings. The van der Waals surface area contributed by atoms with Crippen molar-refractivity contribution in [2.75, 3.05) is 26.0 Å². The predicted octanol–water partition coefficient (Wildman–Crippen LogP) is 1.82. The molecule has 104 valence electrons. The average molecular weight is 261 g/mol. The lowest BCUT2D eigenvalue weighted by molar-refractivity contribution is -0.129. The van der Waals surface area contributed by atoms with Gasteiger partial charge in [0.2, 0.25) is 5.91 Å². The highest BCUT2D eigenvalue weighted by molar-refractivity contribution is 5.96. The van der Waals surface area contributed by atoms with Crippen molar-refractivity contribution in [3.05, 3.63) is 29.8 Å². The molecular weight excluding hydrogens is 238 g/mol. The minimum absolute atomic E-state index is 0.0725. The van der Waals surface area contributed by atoms with Crippen LogP contribution in [0.5, 0.6) is 0 Å². The Balaban J connectivity index is 2.04. The van der Waals surface area contributed by atoms with Crippen LogP contribution in [0.15, 0.2) is 24.3 Å². The van der Waals surface area contributed by atoms with Crippen molar-refractivity contribution in [3.8, 4) is 0 Å². The summed E-state index contributed by atoms with van der Waals surface area (Å²) in [5, 5.41) is 3.01. The summed E-state index contributed by atoms with van der Waals surface area (Å²) in [5.74, 6) is 0.0725. The Hall–Kier alpha value is -1.39. The van der Waals surface area contributed by atoms with E-state index in [9.17, 15) is 4.79 Å². The number of nitrogens with zero attached hydrogens (tertiary/aromatic N) is 1. The Labute approximate surface area is 115 Å². The molecular formula is C15H23N3O. The van der Waals surface area contributed by atoms with Gasteiger partial charge in [0.1, 0.15) is 0 Å². The number of carbonyl (C=O) groups is 1. The molecule has 0 atom stereocenters. The van der Waals surface area contributed by atoms with Crippen molar-refractivity contribution >= 4 is 11.6 Å². The van der Waals surface area contributed by atoms with Gasteiger partial charge in [-0.05, 0) is 44.6 Å². The first-order chi connectivity index (χ1) is 9.05. The number of hydrogen-bond acceptors (Lipinski definition) is 3. The molecule has 3 N–H and O–H groups in total. The highest BCUT2D eigenvalue weighted by atomic mass is 16.2. The third-order valence-electron chi connectivity index (χ3n) is 3.87. The van der Waals surface area contributed by atoms with E-state index in [1.54, 1.807) is 0 Å². The zero-order chi connectivity index (χ0) is 13.9. The highest BCUT2D eigenvalue weighted by Gasteiger charge is 2.42. The zero-order valence-corrected chi connectivity index (χ0v) is 11.8. The maximum Gasteiger partial charge on any atom is 0.231 e. The highest BCUT2D eigenvalue weighted by Crippen LogP contribution is 2.40. The number of nitrogens with two attached hydrogens (primary N) is 1. The molecule has 0 heterocycles. The molecule has 2 rings (SSSR count). The minimum Gasteiger partial charge on any atom is -0.329 e. The Morgan fingerprint density at radius 1 is 1.42 bits per heavy atom. The Kier molecular flexibility index (Phi) is 4.22. The van der Waals surface area contributed by atoms with E-state index >= 15 is 0 Å². The fourth-order valence-electron chi connectivity index (χ4n) is 2.50. The van der Waals surface area contributed by atoms with Gasteiger partial charge < -0.3 is 16.0 Å². The number of anilines is 1. The number of amides is 1. The molecule has 1 aromatic carbocycles. The summed E-state index contributed by atoms with van der Waals surface area (Å²) in [5.41, 5.74) is 7.49. The molecule has 0 saturated heterocycles. The molecule has 1 saturated carbocycles. The first-order valence-corrected chi connectivity index (χ1v) is 6.81. The van der Waals surface area contributed by atoms with E-state index in [-0.39, 0.29) is 11.3 Å². The van der Waals surface area contributed by atoms with Crippen molar-refractivity contribution in [1.82, 2.24) is 4.90 Å². The van der Waals surface area contributed by atoms with Gasteiger partial charge in [0, 0.05) is 18.8 Å². The van der Waals surface area contributed by atoms with Gasteiger partial charge in [-0.2, -0.15) is 0 Å². The standard InChI is InChI=1S/C15H23N3O/c1-18(2)10-12-5-3-6-13(9-12)17-14(19)15(11-16)7-4-8-15/h3,5-6,9H,4,7-8,10-11,16H2,1-2H3,(H,17,19). The third-order valence-corrected chi connectivity index (χ3v) is 3.87.